The molecule has 1 N–H and O–H groups in total. The van der Waals surface area contributed by atoms with Gasteiger partial charge in [-0.25, -0.2) is 9.45 Å². The van der Waals surface area contributed by atoms with Crippen LogP contribution in [0.15, 0.2) is 0 Å². The Hall–Kier alpha value is 0.0700. The highest BCUT2D eigenvalue weighted by atomic mass is 31.2. The van der Waals surface area contributed by atoms with Crippen LogP contribution in [0.25, 0.3) is 0 Å². The standard InChI is InChI=1S/C16H35O5P/c1-3-5-7-9-11-13-15-19-21-22(17,18)20-16-14-12-10-8-6-4-2/h3-16H2,1-2H3,(H,17,18). The maximum Gasteiger partial charge on any atom is 0.499 e. The molecule has 0 saturated heterocycles. The number of phosphoric ester groups is 1. The third-order valence-corrected chi connectivity index (χ3v) is 4.28. The Morgan fingerprint density at radius 2 is 1.18 bits per heavy atom. The van der Waals surface area contributed by atoms with E-state index < -0.39 is 7.82 Å². The number of unbranched alkanes of at least 4 members (excludes halogenated alkanes) is 10. The van der Waals surface area contributed by atoms with Crippen LogP contribution < -0.4 is 0 Å². The van der Waals surface area contributed by atoms with Gasteiger partial charge in [0, 0.05) is 0 Å². The monoisotopic (exact) mass is 338 g/mol. The van der Waals surface area contributed by atoms with Gasteiger partial charge in [-0.3, -0.25) is 4.52 Å². The van der Waals surface area contributed by atoms with Crippen molar-refractivity contribution in [2.24, 2.45) is 0 Å². The van der Waals surface area contributed by atoms with Crippen molar-refractivity contribution in [1.82, 2.24) is 0 Å². The van der Waals surface area contributed by atoms with Crippen molar-refractivity contribution < 1.29 is 23.5 Å². The molecule has 0 aliphatic rings. The lowest BCUT2D eigenvalue weighted by Crippen LogP contribution is -2.00. The smallest absolute Gasteiger partial charge is 0.301 e. The first-order valence-corrected chi connectivity index (χ1v) is 10.4. The van der Waals surface area contributed by atoms with Crippen molar-refractivity contribution in [3.8, 4) is 0 Å². The lowest BCUT2D eigenvalue weighted by molar-refractivity contribution is -0.225. The Kier molecular flexibility index (Phi) is 16.0. The topological polar surface area (TPSA) is 65.0 Å². The van der Waals surface area contributed by atoms with Crippen LogP contribution in [-0.4, -0.2) is 18.1 Å². The fourth-order valence-corrected chi connectivity index (χ4v) is 2.74. The van der Waals surface area contributed by atoms with Gasteiger partial charge in [0.05, 0.1) is 13.2 Å². The molecule has 0 saturated carbocycles. The minimum Gasteiger partial charge on any atom is -0.301 e. The zero-order valence-corrected chi connectivity index (χ0v) is 15.3. The molecule has 134 valence electrons. The Morgan fingerprint density at radius 3 is 1.73 bits per heavy atom. The molecule has 22 heavy (non-hydrogen) atoms. The van der Waals surface area contributed by atoms with Gasteiger partial charge >= 0.3 is 7.82 Å². The second-order valence-corrected chi connectivity index (χ2v) is 7.08. The van der Waals surface area contributed by atoms with E-state index >= 15 is 0 Å². The molecule has 0 fully saturated rings. The number of rotatable bonds is 17. The highest BCUT2D eigenvalue weighted by Crippen LogP contribution is 2.43. The summed E-state index contributed by atoms with van der Waals surface area (Å²) in [6.07, 6.45) is 13.4. The SMILES string of the molecule is CCCCCCCCOOP(=O)(O)OCCCCCCCC. The molecule has 0 rings (SSSR count). The van der Waals surface area contributed by atoms with Gasteiger partial charge in [0.25, 0.3) is 0 Å². The molecular formula is C16H35O5P. The fraction of sp³-hybridized carbons (Fsp3) is 1.00. The van der Waals surface area contributed by atoms with Crippen molar-refractivity contribution in [2.75, 3.05) is 13.2 Å². The summed E-state index contributed by atoms with van der Waals surface area (Å²) in [5, 5.41) is 0. The summed E-state index contributed by atoms with van der Waals surface area (Å²) in [7, 11) is -4.04. The van der Waals surface area contributed by atoms with E-state index in [-0.39, 0.29) is 6.61 Å². The molecule has 6 heteroatoms. The first-order valence-electron chi connectivity index (χ1n) is 8.91. The Bertz CT molecular complexity index is 273. The second-order valence-electron chi connectivity index (χ2n) is 5.73. The molecule has 0 aromatic carbocycles. The van der Waals surface area contributed by atoms with Crippen molar-refractivity contribution in [1.29, 1.82) is 0 Å². The lowest BCUT2D eigenvalue weighted by atomic mass is 10.1. The quantitative estimate of drug-likeness (QED) is 0.158. The van der Waals surface area contributed by atoms with E-state index in [1.807, 2.05) is 0 Å². The van der Waals surface area contributed by atoms with Crippen LogP contribution in [0.5, 0.6) is 0 Å². The molecular weight excluding hydrogens is 303 g/mol. The molecule has 0 bridgehead atoms. The van der Waals surface area contributed by atoms with Crippen molar-refractivity contribution in [2.45, 2.75) is 90.9 Å². The van der Waals surface area contributed by atoms with Crippen molar-refractivity contribution >= 4 is 7.82 Å². The Labute approximate surface area is 136 Å². The summed E-state index contributed by atoms with van der Waals surface area (Å²) in [6.45, 7) is 4.92. The van der Waals surface area contributed by atoms with Crippen LogP contribution in [0.4, 0.5) is 0 Å². The molecule has 0 aromatic heterocycles. The summed E-state index contributed by atoms with van der Waals surface area (Å²) >= 11 is 0. The average Bonchev–Trinajstić information content (AvgIpc) is 2.49. The summed E-state index contributed by atoms with van der Waals surface area (Å²) < 4.78 is 20.9. The van der Waals surface area contributed by atoms with Gasteiger partial charge in [-0.15, -0.1) is 4.67 Å². The first kappa shape index (κ1) is 22.1. The molecule has 0 aliphatic carbocycles. The first-order chi connectivity index (χ1) is 10.6. The third-order valence-electron chi connectivity index (χ3n) is 3.48. The molecule has 1 atom stereocenters. The van der Waals surface area contributed by atoms with E-state index in [0.29, 0.717) is 6.61 Å². The van der Waals surface area contributed by atoms with Gasteiger partial charge in [-0.1, -0.05) is 78.1 Å². The summed E-state index contributed by atoms with van der Waals surface area (Å²) in [5.41, 5.74) is 0. The molecule has 5 nitrogen and oxygen atoms in total. The molecule has 0 aliphatic heterocycles. The van der Waals surface area contributed by atoms with Crippen LogP contribution in [0.1, 0.15) is 90.9 Å². The van der Waals surface area contributed by atoms with Crippen LogP contribution in [0.3, 0.4) is 0 Å². The minimum absolute atomic E-state index is 0.236. The van der Waals surface area contributed by atoms with E-state index in [4.69, 9.17) is 9.41 Å². The molecule has 0 amide bonds. The fourth-order valence-electron chi connectivity index (χ4n) is 2.13. The van der Waals surface area contributed by atoms with Crippen LogP contribution in [0.2, 0.25) is 0 Å². The van der Waals surface area contributed by atoms with Crippen LogP contribution in [-0.2, 0) is 18.7 Å². The highest BCUT2D eigenvalue weighted by molar-refractivity contribution is 7.47. The van der Waals surface area contributed by atoms with Gasteiger partial charge in [0.2, 0.25) is 0 Å². The number of hydrogen-bond donors (Lipinski definition) is 1. The molecule has 0 aromatic rings. The molecule has 0 radical (unpaired) electrons. The van der Waals surface area contributed by atoms with Gasteiger partial charge in [-0.2, -0.15) is 0 Å². The maximum atomic E-state index is 11.5. The van der Waals surface area contributed by atoms with Crippen molar-refractivity contribution in [3.05, 3.63) is 0 Å². The van der Waals surface area contributed by atoms with E-state index in [1.54, 1.807) is 0 Å². The summed E-state index contributed by atoms with van der Waals surface area (Å²) in [5.74, 6) is 0. The normalized spacial score (nSPS) is 14.1. The van der Waals surface area contributed by atoms with Crippen LogP contribution in [0, 0.1) is 0 Å². The molecule has 0 spiro atoms. The van der Waals surface area contributed by atoms with E-state index in [0.717, 1.165) is 32.1 Å². The number of phosphoric acid groups is 1. The maximum absolute atomic E-state index is 11.5. The largest absolute Gasteiger partial charge is 0.499 e. The molecule has 0 heterocycles. The van der Waals surface area contributed by atoms with E-state index in [2.05, 4.69) is 18.5 Å². The Morgan fingerprint density at radius 1 is 0.727 bits per heavy atom. The third kappa shape index (κ3) is 16.4. The zero-order valence-electron chi connectivity index (χ0n) is 14.4. The molecule has 1 unspecified atom stereocenters. The van der Waals surface area contributed by atoms with Gasteiger partial charge in [-0.05, 0) is 12.8 Å². The Balaban J connectivity index is 3.36. The highest BCUT2D eigenvalue weighted by Gasteiger charge is 2.22. The van der Waals surface area contributed by atoms with Gasteiger partial charge in [0.1, 0.15) is 0 Å². The van der Waals surface area contributed by atoms with Crippen LogP contribution >= 0.6 is 7.82 Å². The number of hydrogen-bond acceptors (Lipinski definition) is 4. The predicted molar refractivity (Wildman–Crippen MR) is 89.6 cm³/mol. The van der Waals surface area contributed by atoms with Gasteiger partial charge in [0.15, 0.2) is 0 Å². The van der Waals surface area contributed by atoms with Crippen molar-refractivity contribution in [3.63, 3.8) is 0 Å². The van der Waals surface area contributed by atoms with E-state index in [9.17, 15) is 9.46 Å². The average molecular weight is 338 g/mol. The van der Waals surface area contributed by atoms with Gasteiger partial charge < -0.3 is 4.89 Å². The lowest BCUT2D eigenvalue weighted by Gasteiger charge is -2.11. The summed E-state index contributed by atoms with van der Waals surface area (Å²) in [4.78, 5) is 14.2. The minimum atomic E-state index is -4.04. The summed E-state index contributed by atoms with van der Waals surface area (Å²) in [6, 6.07) is 0. The van der Waals surface area contributed by atoms with E-state index in [1.165, 1.54) is 44.9 Å². The zero-order chi connectivity index (χ0) is 16.5. The predicted octanol–water partition coefficient (Wildman–Crippen LogP) is 5.77. The second kappa shape index (κ2) is 15.9.